The van der Waals surface area contributed by atoms with E-state index in [1.807, 2.05) is 25.1 Å². The van der Waals surface area contributed by atoms with E-state index in [-0.39, 0.29) is 10.7 Å². The molecule has 0 radical (unpaired) electrons. The average Bonchev–Trinajstić information content (AvgIpc) is 3.32. The summed E-state index contributed by atoms with van der Waals surface area (Å²) in [4.78, 5) is 0.148. The van der Waals surface area contributed by atoms with E-state index in [9.17, 15) is 12.8 Å². The van der Waals surface area contributed by atoms with E-state index in [1.165, 1.54) is 24.2 Å². The van der Waals surface area contributed by atoms with Gasteiger partial charge in [0.25, 0.3) is 0 Å². The molecule has 0 saturated heterocycles. The second-order valence-corrected chi connectivity index (χ2v) is 9.34. The molecule has 0 unspecified atom stereocenters. The molecule has 0 heterocycles. The third-order valence-electron chi connectivity index (χ3n) is 4.78. The van der Waals surface area contributed by atoms with Crippen molar-refractivity contribution < 1.29 is 12.8 Å². The van der Waals surface area contributed by atoms with Crippen LogP contribution in [0.3, 0.4) is 0 Å². The SMILES string of the molecule is CC/C=C(F)\C=C/CC(=P)CC1(CCc2ccc(S(N)(=O)=O)cc2)CC1. The van der Waals surface area contributed by atoms with Crippen LogP contribution < -0.4 is 5.14 Å². The number of primary sulfonamides is 1. The zero-order chi connectivity index (χ0) is 19.2. The van der Waals surface area contributed by atoms with E-state index in [2.05, 4.69) is 8.86 Å². The summed E-state index contributed by atoms with van der Waals surface area (Å²) in [5, 5.41) is 6.31. The van der Waals surface area contributed by atoms with Gasteiger partial charge in [0.2, 0.25) is 10.0 Å². The fraction of sp³-hybridized carbons (Fsp3) is 0.450. The molecule has 0 spiro atoms. The molecule has 2 rings (SSSR count). The van der Waals surface area contributed by atoms with Crippen LogP contribution in [0.1, 0.15) is 51.0 Å². The lowest BCUT2D eigenvalue weighted by Gasteiger charge is -2.16. The molecule has 1 saturated carbocycles. The molecule has 142 valence electrons. The maximum absolute atomic E-state index is 13.3. The molecule has 0 amide bonds. The number of hydrogen-bond donors (Lipinski definition) is 1. The molecule has 1 aliphatic carbocycles. The van der Waals surface area contributed by atoms with Crippen molar-refractivity contribution in [3.8, 4) is 0 Å². The van der Waals surface area contributed by atoms with Crippen LogP contribution in [0.5, 0.6) is 0 Å². The summed E-state index contributed by atoms with van der Waals surface area (Å²) in [5.41, 5.74) is 1.44. The molecule has 2 N–H and O–H groups in total. The quantitative estimate of drug-likeness (QED) is 0.449. The molecule has 0 bridgehead atoms. The van der Waals surface area contributed by atoms with Crippen LogP contribution in [-0.4, -0.2) is 13.7 Å². The highest BCUT2D eigenvalue weighted by Crippen LogP contribution is 2.53. The van der Waals surface area contributed by atoms with Crippen molar-refractivity contribution >= 4 is 24.2 Å². The number of hydrogen-bond acceptors (Lipinski definition) is 2. The fourth-order valence-electron chi connectivity index (χ4n) is 3.05. The Morgan fingerprint density at radius 1 is 1.31 bits per heavy atom. The van der Waals surface area contributed by atoms with E-state index in [1.54, 1.807) is 18.2 Å². The molecule has 26 heavy (non-hydrogen) atoms. The Bertz CT molecular complexity index is 794. The van der Waals surface area contributed by atoms with Crippen LogP contribution in [0.2, 0.25) is 0 Å². The monoisotopic (exact) mass is 395 g/mol. The molecule has 0 aromatic heterocycles. The lowest BCUT2D eigenvalue weighted by molar-refractivity contribution is 0.486. The maximum atomic E-state index is 13.3. The van der Waals surface area contributed by atoms with Crippen LogP contribution in [0.4, 0.5) is 4.39 Å². The second kappa shape index (κ2) is 9.07. The molecule has 3 nitrogen and oxygen atoms in total. The number of halogens is 1. The van der Waals surface area contributed by atoms with Crippen LogP contribution in [0.25, 0.3) is 0 Å². The molecule has 1 aliphatic rings. The minimum Gasteiger partial charge on any atom is -0.225 e. The van der Waals surface area contributed by atoms with E-state index < -0.39 is 10.0 Å². The van der Waals surface area contributed by atoms with Gasteiger partial charge in [0.05, 0.1) is 4.90 Å². The lowest BCUT2D eigenvalue weighted by atomic mass is 9.91. The first-order valence-corrected chi connectivity index (χ1v) is 11.0. The van der Waals surface area contributed by atoms with Crippen molar-refractivity contribution in [3.63, 3.8) is 0 Å². The summed E-state index contributed by atoms with van der Waals surface area (Å²) in [6.45, 7) is 1.91. The van der Waals surface area contributed by atoms with Gasteiger partial charge in [-0.25, -0.2) is 17.9 Å². The van der Waals surface area contributed by atoms with Crippen LogP contribution in [0.15, 0.2) is 53.2 Å². The van der Waals surface area contributed by atoms with Gasteiger partial charge in [-0.2, -0.15) is 0 Å². The van der Waals surface area contributed by atoms with E-state index in [4.69, 9.17) is 5.14 Å². The Hall–Kier alpha value is -1.29. The largest absolute Gasteiger partial charge is 0.238 e. The van der Waals surface area contributed by atoms with Gasteiger partial charge in [0, 0.05) is 0 Å². The Morgan fingerprint density at radius 3 is 2.50 bits per heavy atom. The number of nitrogens with two attached hydrogens (primary N) is 1. The highest BCUT2D eigenvalue weighted by molar-refractivity contribution is 7.89. The second-order valence-electron chi connectivity index (χ2n) is 7.07. The minimum absolute atomic E-state index is 0.148. The predicted molar refractivity (Wildman–Crippen MR) is 109 cm³/mol. The number of rotatable bonds is 10. The Kier molecular flexibility index (Phi) is 7.33. The zero-order valence-corrected chi connectivity index (χ0v) is 17.0. The summed E-state index contributed by atoms with van der Waals surface area (Å²) in [6, 6.07) is 6.80. The maximum Gasteiger partial charge on any atom is 0.238 e. The molecular formula is C20H27FNO2PS. The van der Waals surface area contributed by atoms with Gasteiger partial charge in [-0.1, -0.05) is 25.1 Å². The molecule has 0 aliphatic heterocycles. The smallest absolute Gasteiger partial charge is 0.225 e. The molecule has 1 aromatic rings. The normalized spacial score (nSPS) is 16.8. The van der Waals surface area contributed by atoms with Crippen molar-refractivity contribution in [1.29, 1.82) is 0 Å². The standard InChI is InChI=1S/C20H27FNO2PS/c1-2-4-17(21)5-3-6-18(25)15-20(13-14-20)12-11-16-7-9-19(10-8-16)26(22,23)24/h3-5,7-10,25H,2,6,11-15H2,1H3,(H2,22,23,24)/b5-3-,17-4+. The van der Waals surface area contributed by atoms with Gasteiger partial charge in [-0.3, -0.25) is 0 Å². The molecule has 1 fully saturated rings. The first kappa shape index (κ1) is 21.0. The first-order valence-electron chi connectivity index (χ1n) is 8.94. The molecular weight excluding hydrogens is 368 g/mol. The summed E-state index contributed by atoms with van der Waals surface area (Å²) < 4.78 is 35.9. The third-order valence-corrected chi connectivity index (χ3v) is 6.09. The summed E-state index contributed by atoms with van der Waals surface area (Å²) in [5.74, 6) is -0.184. The Balaban J connectivity index is 1.82. The highest BCUT2D eigenvalue weighted by Gasteiger charge is 2.41. The van der Waals surface area contributed by atoms with Crippen molar-refractivity contribution in [1.82, 2.24) is 0 Å². The van der Waals surface area contributed by atoms with Gasteiger partial charge in [-0.15, -0.1) is 8.86 Å². The predicted octanol–water partition coefficient (Wildman–Crippen LogP) is 4.96. The van der Waals surface area contributed by atoms with Crippen molar-refractivity contribution in [2.75, 3.05) is 0 Å². The van der Waals surface area contributed by atoms with Crippen LogP contribution >= 0.6 is 8.86 Å². The number of aryl methyl sites for hydroxylation is 1. The van der Waals surface area contributed by atoms with E-state index >= 15 is 0 Å². The highest BCUT2D eigenvalue weighted by atomic mass is 32.2. The first-order chi connectivity index (χ1) is 12.2. The Labute approximate surface area is 158 Å². The average molecular weight is 395 g/mol. The lowest BCUT2D eigenvalue weighted by Crippen LogP contribution is -2.12. The van der Waals surface area contributed by atoms with Crippen molar-refractivity contribution in [2.45, 2.75) is 56.8 Å². The number of allylic oxidation sites excluding steroid dienone is 4. The topological polar surface area (TPSA) is 60.2 Å². The van der Waals surface area contributed by atoms with Gasteiger partial charge < -0.3 is 0 Å². The van der Waals surface area contributed by atoms with Gasteiger partial charge in [0.15, 0.2) is 0 Å². The summed E-state index contributed by atoms with van der Waals surface area (Å²) in [7, 11) is 0.0666. The van der Waals surface area contributed by atoms with E-state index in [0.717, 1.165) is 31.2 Å². The third kappa shape index (κ3) is 6.79. The molecule has 6 heteroatoms. The van der Waals surface area contributed by atoms with Gasteiger partial charge >= 0.3 is 0 Å². The number of sulfonamides is 1. The fourth-order valence-corrected chi connectivity index (χ4v) is 4.06. The summed E-state index contributed by atoms with van der Waals surface area (Å²) >= 11 is 0. The van der Waals surface area contributed by atoms with Crippen molar-refractivity contribution in [3.05, 3.63) is 53.9 Å². The van der Waals surface area contributed by atoms with Crippen LogP contribution in [0, 0.1) is 5.41 Å². The van der Waals surface area contributed by atoms with E-state index in [0.29, 0.717) is 11.8 Å². The van der Waals surface area contributed by atoms with Gasteiger partial charge in [0.1, 0.15) is 5.83 Å². The van der Waals surface area contributed by atoms with Crippen LogP contribution in [-0.2, 0) is 16.4 Å². The zero-order valence-electron chi connectivity index (χ0n) is 15.2. The summed E-state index contributed by atoms with van der Waals surface area (Å²) in [6.07, 6.45) is 11.7. The number of benzene rings is 1. The minimum atomic E-state index is -3.63. The molecule has 0 atom stereocenters. The van der Waals surface area contributed by atoms with Gasteiger partial charge in [-0.05, 0) is 85.5 Å². The van der Waals surface area contributed by atoms with Crippen molar-refractivity contribution in [2.24, 2.45) is 10.6 Å². The Morgan fingerprint density at radius 2 is 1.96 bits per heavy atom. The molecule has 1 aromatic carbocycles.